The lowest BCUT2D eigenvalue weighted by atomic mass is 10.2. The predicted molar refractivity (Wildman–Crippen MR) is 82.5 cm³/mol. The molecule has 0 saturated carbocycles. The Labute approximate surface area is 138 Å². The molecule has 0 radical (unpaired) electrons. The van der Waals surface area contributed by atoms with Crippen molar-refractivity contribution in [3.63, 3.8) is 0 Å². The highest BCUT2D eigenvalue weighted by atomic mass is 32.1. The zero-order chi connectivity index (χ0) is 17.9. The third-order valence-corrected chi connectivity index (χ3v) is 3.65. The van der Waals surface area contributed by atoms with Crippen LogP contribution in [-0.2, 0) is 9.59 Å². The van der Waals surface area contributed by atoms with Gasteiger partial charge in [-0.15, -0.1) is 11.3 Å². The first-order valence-corrected chi connectivity index (χ1v) is 7.27. The SMILES string of the molecule is CC(=O)N(c1nc(/C=C(/C#N)C(=O)O)cs1)c1ccc(F)cc1F. The number of anilines is 2. The van der Waals surface area contributed by atoms with E-state index in [1.165, 1.54) is 18.4 Å². The highest BCUT2D eigenvalue weighted by molar-refractivity contribution is 7.14. The molecule has 2 aromatic rings. The molecule has 2 rings (SSSR count). The lowest BCUT2D eigenvalue weighted by molar-refractivity contribution is -0.132. The largest absolute Gasteiger partial charge is 0.477 e. The molecule has 0 atom stereocenters. The number of aromatic nitrogens is 1. The number of carbonyl (C=O) groups is 2. The number of rotatable bonds is 4. The van der Waals surface area contributed by atoms with Gasteiger partial charge in [0.05, 0.1) is 11.4 Å². The van der Waals surface area contributed by atoms with Crippen LogP contribution in [0.25, 0.3) is 6.08 Å². The van der Waals surface area contributed by atoms with Crippen LogP contribution in [0.4, 0.5) is 19.6 Å². The van der Waals surface area contributed by atoms with E-state index in [0.29, 0.717) is 6.07 Å². The highest BCUT2D eigenvalue weighted by Crippen LogP contribution is 2.31. The molecule has 1 aromatic heterocycles. The Morgan fingerprint density at radius 1 is 1.42 bits per heavy atom. The number of halogens is 2. The Hall–Kier alpha value is -3.12. The second kappa shape index (κ2) is 6.97. The molecule has 9 heteroatoms. The highest BCUT2D eigenvalue weighted by Gasteiger charge is 2.21. The fourth-order valence-corrected chi connectivity index (χ4v) is 2.64. The van der Waals surface area contributed by atoms with Crippen LogP contribution in [0.15, 0.2) is 29.2 Å². The van der Waals surface area contributed by atoms with Gasteiger partial charge in [0.15, 0.2) is 5.13 Å². The van der Waals surface area contributed by atoms with E-state index in [1.807, 2.05) is 0 Å². The first-order chi connectivity index (χ1) is 11.3. The van der Waals surface area contributed by atoms with Crippen LogP contribution in [0.1, 0.15) is 12.6 Å². The van der Waals surface area contributed by atoms with Crippen molar-refractivity contribution >= 4 is 40.1 Å². The quantitative estimate of drug-likeness (QED) is 0.676. The number of carboxylic acid groups (broad SMARTS) is 1. The maximum absolute atomic E-state index is 13.9. The fourth-order valence-electron chi connectivity index (χ4n) is 1.80. The molecule has 122 valence electrons. The zero-order valence-electron chi connectivity index (χ0n) is 12.2. The van der Waals surface area contributed by atoms with Gasteiger partial charge in [-0.2, -0.15) is 5.26 Å². The van der Waals surface area contributed by atoms with Gasteiger partial charge in [-0.3, -0.25) is 9.69 Å². The van der Waals surface area contributed by atoms with E-state index in [1.54, 1.807) is 0 Å². The molecule has 1 aromatic carbocycles. The Kier molecular flexibility index (Phi) is 5.01. The van der Waals surface area contributed by atoms with E-state index < -0.39 is 29.1 Å². The topological polar surface area (TPSA) is 94.3 Å². The summed E-state index contributed by atoms with van der Waals surface area (Å²) in [6.45, 7) is 1.18. The van der Waals surface area contributed by atoms with Crippen molar-refractivity contribution in [2.45, 2.75) is 6.92 Å². The van der Waals surface area contributed by atoms with E-state index in [4.69, 9.17) is 10.4 Å². The lowest BCUT2D eigenvalue weighted by Gasteiger charge is -2.18. The summed E-state index contributed by atoms with van der Waals surface area (Å²) < 4.78 is 27.0. The number of hydrogen-bond donors (Lipinski definition) is 1. The van der Waals surface area contributed by atoms with Crippen molar-refractivity contribution in [2.24, 2.45) is 0 Å². The first kappa shape index (κ1) is 17.2. The summed E-state index contributed by atoms with van der Waals surface area (Å²) in [5, 5.41) is 19.0. The van der Waals surface area contributed by atoms with Crippen molar-refractivity contribution in [2.75, 3.05) is 4.90 Å². The molecule has 0 unspecified atom stereocenters. The lowest BCUT2D eigenvalue weighted by Crippen LogP contribution is -2.23. The number of thiazole rings is 1. The van der Waals surface area contributed by atoms with E-state index in [9.17, 15) is 18.4 Å². The molecule has 1 amide bonds. The Morgan fingerprint density at radius 3 is 2.67 bits per heavy atom. The number of benzene rings is 1. The minimum Gasteiger partial charge on any atom is -0.477 e. The molecule has 1 N–H and O–H groups in total. The number of hydrogen-bond acceptors (Lipinski definition) is 5. The van der Waals surface area contributed by atoms with Crippen LogP contribution in [0.2, 0.25) is 0 Å². The summed E-state index contributed by atoms with van der Waals surface area (Å²) in [7, 11) is 0. The molecule has 24 heavy (non-hydrogen) atoms. The zero-order valence-corrected chi connectivity index (χ0v) is 13.0. The van der Waals surface area contributed by atoms with Crippen LogP contribution < -0.4 is 4.90 Å². The maximum Gasteiger partial charge on any atom is 0.346 e. The van der Waals surface area contributed by atoms with E-state index in [-0.39, 0.29) is 16.5 Å². The van der Waals surface area contributed by atoms with Crippen molar-refractivity contribution in [1.29, 1.82) is 5.26 Å². The normalized spacial score (nSPS) is 11.0. The van der Waals surface area contributed by atoms with Gasteiger partial charge in [-0.05, 0) is 18.2 Å². The summed E-state index contributed by atoms with van der Waals surface area (Å²) in [5.74, 6) is -3.72. The van der Waals surface area contributed by atoms with Crippen LogP contribution >= 0.6 is 11.3 Å². The molecule has 1 heterocycles. The van der Waals surface area contributed by atoms with E-state index >= 15 is 0 Å². The van der Waals surface area contributed by atoms with Crippen molar-refractivity contribution in [1.82, 2.24) is 4.98 Å². The average Bonchev–Trinajstić information content (AvgIpc) is 2.95. The van der Waals surface area contributed by atoms with Crippen LogP contribution in [0.3, 0.4) is 0 Å². The molecular formula is C15H9F2N3O3S. The molecular weight excluding hydrogens is 340 g/mol. The van der Waals surface area contributed by atoms with E-state index in [0.717, 1.165) is 34.4 Å². The molecule has 0 aliphatic carbocycles. The Bertz CT molecular complexity index is 886. The third-order valence-electron chi connectivity index (χ3n) is 2.81. The Morgan fingerprint density at radius 2 is 2.12 bits per heavy atom. The minimum atomic E-state index is -1.42. The number of carbonyl (C=O) groups excluding carboxylic acids is 1. The summed E-state index contributed by atoms with van der Waals surface area (Å²) in [5.41, 5.74) is -0.593. The first-order valence-electron chi connectivity index (χ1n) is 6.40. The molecule has 0 spiro atoms. The van der Waals surface area contributed by atoms with Crippen LogP contribution in [0.5, 0.6) is 0 Å². The summed E-state index contributed by atoms with van der Waals surface area (Å²) in [4.78, 5) is 27.6. The molecule has 0 bridgehead atoms. The average molecular weight is 349 g/mol. The van der Waals surface area contributed by atoms with Gasteiger partial charge in [0.1, 0.15) is 23.3 Å². The molecule has 0 aliphatic heterocycles. The van der Waals surface area contributed by atoms with Crippen molar-refractivity contribution in [3.05, 3.63) is 46.5 Å². The van der Waals surface area contributed by atoms with Gasteiger partial charge in [-0.1, -0.05) is 0 Å². The standard InChI is InChI=1S/C15H9F2N3O3S/c1-8(21)20(13-3-2-10(16)5-12(13)17)15-19-11(7-24-15)4-9(6-18)14(22)23/h2-5,7H,1H3,(H,22,23)/b9-4-. The summed E-state index contributed by atoms with van der Waals surface area (Å²) in [6.07, 6.45) is 1.03. The van der Waals surface area contributed by atoms with Crippen LogP contribution in [0, 0.1) is 23.0 Å². The molecule has 0 saturated heterocycles. The second-order valence-corrected chi connectivity index (χ2v) is 5.32. The minimum absolute atomic E-state index is 0.0573. The molecule has 6 nitrogen and oxygen atoms in total. The van der Waals surface area contributed by atoms with Gasteiger partial charge in [-0.25, -0.2) is 18.6 Å². The number of aliphatic carboxylic acids is 1. The van der Waals surface area contributed by atoms with Crippen molar-refractivity contribution in [3.8, 4) is 6.07 Å². The number of nitrogens with zero attached hydrogens (tertiary/aromatic N) is 3. The predicted octanol–water partition coefficient (Wildman–Crippen LogP) is 3.10. The van der Waals surface area contributed by atoms with Gasteiger partial charge < -0.3 is 5.11 Å². The van der Waals surface area contributed by atoms with Crippen molar-refractivity contribution < 1.29 is 23.5 Å². The smallest absolute Gasteiger partial charge is 0.346 e. The summed E-state index contributed by atoms with van der Waals surface area (Å²) in [6, 6.07) is 4.24. The van der Waals surface area contributed by atoms with E-state index in [2.05, 4.69) is 4.98 Å². The number of amides is 1. The van der Waals surface area contributed by atoms with Gasteiger partial charge in [0.2, 0.25) is 5.91 Å². The fraction of sp³-hybridized carbons (Fsp3) is 0.0667. The Balaban J connectivity index is 2.46. The second-order valence-electron chi connectivity index (χ2n) is 4.48. The van der Waals surface area contributed by atoms with Gasteiger partial charge in [0.25, 0.3) is 0 Å². The van der Waals surface area contributed by atoms with Crippen LogP contribution in [-0.4, -0.2) is 22.0 Å². The van der Waals surface area contributed by atoms with Gasteiger partial charge in [0, 0.05) is 18.4 Å². The maximum atomic E-state index is 13.9. The summed E-state index contributed by atoms with van der Waals surface area (Å²) >= 11 is 0.945. The monoisotopic (exact) mass is 349 g/mol. The molecule has 0 aliphatic rings. The van der Waals surface area contributed by atoms with Gasteiger partial charge >= 0.3 is 5.97 Å². The number of carboxylic acids is 1. The number of nitriles is 1. The third kappa shape index (κ3) is 3.61. The molecule has 0 fully saturated rings.